The van der Waals surface area contributed by atoms with Crippen LogP contribution in [0.5, 0.6) is 0 Å². The number of amides is 5. The van der Waals surface area contributed by atoms with Crippen LogP contribution in [0.2, 0.25) is 0 Å². The lowest BCUT2D eigenvalue weighted by molar-refractivity contribution is -0.142. The summed E-state index contributed by atoms with van der Waals surface area (Å²) in [6.45, 7) is 11.4. The van der Waals surface area contributed by atoms with Crippen molar-refractivity contribution < 1.29 is 24.0 Å². The lowest BCUT2D eigenvalue weighted by Crippen LogP contribution is -2.59. The zero-order valence-corrected chi connectivity index (χ0v) is 22.9. The zero-order valence-electron chi connectivity index (χ0n) is 22.9. The van der Waals surface area contributed by atoms with Gasteiger partial charge in [-0.05, 0) is 38.5 Å². The summed E-state index contributed by atoms with van der Waals surface area (Å²) in [4.78, 5) is 69.2. The molecule has 1 unspecified atom stereocenters. The van der Waals surface area contributed by atoms with E-state index in [1.807, 2.05) is 6.92 Å². The van der Waals surface area contributed by atoms with Crippen molar-refractivity contribution in [3.8, 4) is 0 Å². The quantitative estimate of drug-likeness (QED) is 0.0658. The number of aliphatic imine (C=N–C) groups is 1. The Morgan fingerprint density at radius 3 is 2.34 bits per heavy atom. The Bertz CT molecular complexity index is 889. The molecule has 0 aromatic heterocycles. The van der Waals surface area contributed by atoms with E-state index in [4.69, 9.17) is 11.5 Å². The number of nitrogens with two attached hydrogens (primary N) is 2. The minimum absolute atomic E-state index is 0.0803. The Kier molecular flexibility index (Phi) is 13.9. The lowest BCUT2D eigenvalue weighted by atomic mass is 9.97. The van der Waals surface area contributed by atoms with Crippen molar-refractivity contribution in [2.24, 2.45) is 22.4 Å². The van der Waals surface area contributed by atoms with E-state index in [0.29, 0.717) is 38.8 Å². The molecule has 1 aliphatic rings. The first-order chi connectivity index (χ1) is 18.0. The third-order valence-electron chi connectivity index (χ3n) is 6.42. The van der Waals surface area contributed by atoms with Gasteiger partial charge < -0.3 is 37.6 Å². The van der Waals surface area contributed by atoms with Crippen LogP contribution in [0.3, 0.4) is 0 Å². The summed E-state index contributed by atoms with van der Waals surface area (Å²) in [6, 6.07) is -3.57. The second-order valence-corrected chi connectivity index (χ2v) is 9.38. The molecule has 13 heteroatoms. The summed E-state index contributed by atoms with van der Waals surface area (Å²) in [5.41, 5.74) is 10.8. The van der Waals surface area contributed by atoms with Gasteiger partial charge in [-0.3, -0.25) is 29.0 Å². The largest absolute Gasteiger partial charge is 0.370 e. The fourth-order valence-electron chi connectivity index (χ4n) is 4.21. The second kappa shape index (κ2) is 16.3. The minimum Gasteiger partial charge on any atom is -0.370 e. The molecule has 1 aliphatic heterocycles. The molecule has 38 heavy (non-hydrogen) atoms. The minimum atomic E-state index is -1.02. The second-order valence-electron chi connectivity index (χ2n) is 9.38. The maximum Gasteiger partial charge on any atom is 0.247 e. The number of carbonyl (C=O) groups excluding carboxylic acids is 5. The van der Waals surface area contributed by atoms with Crippen molar-refractivity contribution in [2.45, 2.75) is 84.0 Å². The first-order valence-corrected chi connectivity index (χ1v) is 13.1. The topological polar surface area (TPSA) is 201 Å². The van der Waals surface area contributed by atoms with Crippen LogP contribution in [0.4, 0.5) is 0 Å². The Balaban J connectivity index is 3.15. The van der Waals surface area contributed by atoms with Crippen LogP contribution < -0.4 is 32.7 Å². The van der Waals surface area contributed by atoms with Crippen LogP contribution in [-0.4, -0.2) is 84.2 Å². The lowest BCUT2D eigenvalue weighted by Gasteiger charge is -2.31. The molecule has 5 atom stereocenters. The third kappa shape index (κ3) is 10.0. The normalized spacial score (nSPS) is 17.8. The van der Waals surface area contributed by atoms with Crippen molar-refractivity contribution in [2.75, 3.05) is 19.6 Å². The van der Waals surface area contributed by atoms with E-state index in [0.717, 1.165) is 0 Å². The molecule has 1 heterocycles. The van der Waals surface area contributed by atoms with Gasteiger partial charge in [-0.25, -0.2) is 0 Å². The summed E-state index contributed by atoms with van der Waals surface area (Å²) < 4.78 is 0. The molecule has 0 aliphatic carbocycles. The Morgan fingerprint density at radius 2 is 1.79 bits per heavy atom. The number of hydrogen-bond donors (Lipinski definition) is 6. The van der Waals surface area contributed by atoms with Gasteiger partial charge in [-0.15, -0.1) is 6.58 Å². The van der Waals surface area contributed by atoms with E-state index in [9.17, 15) is 24.0 Å². The Labute approximate surface area is 224 Å². The molecular weight excluding hydrogens is 492 g/mol. The number of carbonyl (C=O) groups is 5. The number of nitrogens with zero attached hydrogens (tertiary/aromatic N) is 2. The predicted molar refractivity (Wildman–Crippen MR) is 144 cm³/mol. The SMILES string of the molecule is C=CC(NC(C)=O)C(=O)N[C@H](C(=O)N[C@@H](CCCN=C(N)N)C(=O)N1CCC[C@H]1C(=O)NCC)[C@@H](C)CC. The van der Waals surface area contributed by atoms with E-state index in [2.05, 4.69) is 32.8 Å². The molecule has 0 bridgehead atoms. The molecule has 0 aromatic rings. The van der Waals surface area contributed by atoms with Gasteiger partial charge in [-0.2, -0.15) is 0 Å². The van der Waals surface area contributed by atoms with Crippen molar-refractivity contribution in [1.29, 1.82) is 0 Å². The molecule has 1 saturated heterocycles. The first-order valence-electron chi connectivity index (χ1n) is 13.1. The first kappa shape index (κ1) is 32.4. The smallest absolute Gasteiger partial charge is 0.247 e. The molecule has 5 amide bonds. The monoisotopic (exact) mass is 536 g/mol. The summed E-state index contributed by atoms with van der Waals surface area (Å²) in [5.74, 6) is -2.55. The van der Waals surface area contributed by atoms with Crippen LogP contribution in [0, 0.1) is 5.92 Å². The fraction of sp³-hybridized carbons (Fsp3) is 0.680. The average molecular weight is 537 g/mol. The van der Waals surface area contributed by atoms with E-state index < -0.39 is 41.9 Å². The highest BCUT2D eigenvalue weighted by atomic mass is 16.2. The summed E-state index contributed by atoms with van der Waals surface area (Å²) in [7, 11) is 0. The van der Waals surface area contributed by atoms with Crippen LogP contribution in [0.15, 0.2) is 17.6 Å². The van der Waals surface area contributed by atoms with E-state index >= 15 is 0 Å². The highest BCUT2D eigenvalue weighted by Gasteiger charge is 2.38. The van der Waals surface area contributed by atoms with E-state index in [1.54, 1.807) is 13.8 Å². The van der Waals surface area contributed by atoms with Crippen molar-refractivity contribution in [3.63, 3.8) is 0 Å². The highest BCUT2D eigenvalue weighted by molar-refractivity contribution is 5.96. The van der Waals surface area contributed by atoms with Gasteiger partial charge in [0.1, 0.15) is 24.2 Å². The molecule has 1 rings (SSSR count). The number of guanidine groups is 1. The summed E-state index contributed by atoms with van der Waals surface area (Å²) in [5, 5.41) is 10.7. The van der Waals surface area contributed by atoms with E-state index in [1.165, 1.54) is 17.9 Å². The maximum atomic E-state index is 13.6. The number of likely N-dealkylation sites (N-methyl/N-ethyl adjacent to an activating group) is 1. The number of likely N-dealkylation sites (tertiary alicyclic amines) is 1. The average Bonchev–Trinajstić information content (AvgIpc) is 3.36. The number of nitrogens with one attached hydrogen (secondary N) is 4. The van der Waals surface area contributed by atoms with Crippen molar-refractivity contribution >= 4 is 35.5 Å². The van der Waals surface area contributed by atoms with Crippen LogP contribution >= 0.6 is 0 Å². The van der Waals surface area contributed by atoms with Gasteiger partial charge in [0.25, 0.3) is 0 Å². The summed E-state index contributed by atoms with van der Waals surface area (Å²) >= 11 is 0. The van der Waals surface area contributed by atoms with Gasteiger partial charge >= 0.3 is 0 Å². The molecule has 0 saturated carbocycles. The van der Waals surface area contributed by atoms with Gasteiger partial charge in [0, 0.05) is 26.6 Å². The molecule has 13 nitrogen and oxygen atoms in total. The predicted octanol–water partition coefficient (Wildman–Crippen LogP) is -1.13. The van der Waals surface area contributed by atoms with Crippen LogP contribution in [0.1, 0.15) is 59.8 Å². The molecule has 214 valence electrons. The third-order valence-corrected chi connectivity index (χ3v) is 6.42. The van der Waals surface area contributed by atoms with Gasteiger partial charge in [0.05, 0.1) is 0 Å². The molecule has 8 N–H and O–H groups in total. The van der Waals surface area contributed by atoms with Crippen LogP contribution in [0.25, 0.3) is 0 Å². The Hall–Kier alpha value is -3.64. The number of hydrogen-bond acceptors (Lipinski definition) is 6. The Morgan fingerprint density at radius 1 is 1.11 bits per heavy atom. The molecule has 0 radical (unpaired) electrons. The fourth-order valence-corrected chi connectivity index (χ4v) is 4.21. The molecule has 1 fully saturated rings. The summed E-state index contributed by atoms with van der Waals surface area (Å²) in [6.07, 6.45) is 3.65. The zero-order chi connectivity index (χ0) is 28.8. The molecule has 0 spiro atoms. The highest BCUT2D eigenvalue weighted by Crippen LogP contribution is 2.20. The van der Waals surface area contributed by atoms with E-state index in [-0.39, 0.29) is 36.7 Å². The molecular formula is C25H44N8O5. The standard InChI is InChI=1S/C25H44N8O5/c1-6-15(4)20(32-21(35)17(7-2)30-16(5)34)23(37)31-18(11-9-13-29-25(26)27)24(38)33-14-10-12-19(33)22(36)28-8-3/h7,15,17-20H,2,6,8-14H2,1,3-5H3,(H,28,36)(H,30,34)(H,31,37)(H,32,35)(H4,26,27,29)/t15-,17?,18-,19-,20-/m0/s1. The van der Waals surface area contributed by atoms with Crippen molar-refractivity contribution in [1.82, 2.24) is 26.2 Å². The van der Waals surface area contributed by atoms with Gasteiger partial charge in [-0.1, -0.05) is 26.3 Å². The van der Waals surface area contributed by atoms with Crippen molar-refractivity contribution in [3.05, 3.63) is 12.7 Å². The van der Waals surface area contributed by atoms with Gasteiger partial charge in [0.2, 0.25) is 29.5 Å². The number of rotatable bonds is 15. The van der Waals surface area contributed by atoms with Crippen LogP contribution in [-0.2, 0) is 24.0 Å². The van der Waals surface area contributed by atoms with Gasteiger partial charge in [0.15, 0.2) is 5.96 Å². The maximum absolute atomic E-state index is 13.6. The molecule has 0 aromatic carbocycles.